The third kappa shape index (κ3) is 1.54. The zero-order valence-corrected chi connectivity index (χ0v) is 8.45. The van der Waals surface area contributed by atoms with Crippen molar-refractivity contribution in [2.24, 2.45) is 0 Å². The number of rotatable bonds is 2. The van der Waals surface area contributed by atoms with Crippen LogP contribution in [0, 0.1) is 5.21 Å². The summed E-state index contributed by atoms with van der Waals surface area (Å²) in [7, 11) is 0. The summed E-state index contributed by atoms with van der Waals surface area (Å²) < 4.78 is 6.49. The largest absolute Gasteiger partial charge is 0.618 e. The molecule has 0 radical (unpaired) electrons. The van der Waals surface area contributed by atoms with E-state index in [9.17, 15) is 5.21 Å². The van der Waals surface area contributed by atoms with Crippen molar-refractivity contribution in [2.45, 2.75) is 32.6 Å². The number of hydrogen-bond donors (Lipinski definition) is 0. The van der Waals surface area contributed by atoms with Crippen LogP contribution in [0.2, 0.25) is 0 Å². The highest BCUT2D eigenvalue weighted by molar-refractivity contribution is 5.35. The van der Waals surface area contributed by atoms with Crippen LogP contribution in [0.3, 0.4) is 0 Å². The molecule has 1 aromatic heterocycles. The normalized spacial score (nSPS) is 14.9. The van der Waals surface area contributed by atoms with E-state index in [1.54, 1.807) is 12.3 Å². The summed E-state index contributed by atoms with van der Waals surface area (Å²) in [5.41, 5.74) is 2.03. The first-order valence-electron chi connectivity index (χ1n) is 5.19. The quantitative estimate of drug-likeness (QED) is 0.528. The lowest BCUT2D eigenvalue weighted by molar-refractivity contribution is -0.615. The van der Waals surface area contributed by atoms with Crippen molar-refractivity contribution < 1.29 is 9.47 Å². The van der Waals surface area contributed by atoms with Gasteiger partial charge in [-0.2, -0.15) is 4.73 Å². The Morgan fingerprint density at radius 1 is 1.43 bits per heavy atom. The Balaban J connectivity index is 2.42. The first-order chi connectivity index (χ1) is 6.83. The topological polar surface area (TPSA) is 36.2 Å². The van der Waals surface area contributed by atoms with Gasteiger partial charge in [0, 0.05) is 12.5 Å². The van der Waals surface area contributed by atoms with Crippen LogP contribution < -0.4 is 9.47 Å². The van der Waals surface area contributed by atoms with Crippen molar-refractivity contribution in [3.05, 3.63) is 28.7 Å². The van der Waals surface area contributed by atoms with Crippen LogP contribution in [-0.2, 0) is 12.8 Å². The van der Waals surface area contributed by atoms with E-state index in [0.717, 1.165) is 47.4 Å². The molecule has 0 amide bonds. The maximum absolute atomic E-state index is 11.5. The SMILES string of the molecule is CCOc1cc[n+]([O-])c2c1CCCC2. The third-order valence-corrected chi connectivity index (χ3v) is 2.66. The first-order valence-corrected chi connectivity index (χ1v) is 5.19. The Hall–Kier alpha value is -1.25. The Kier molecular flexibility index (Phi) is 2.57. The molecular formula is C11H15NO2. The predicted molar refractivity (Wildman–Crippen MR) is 53.2 cm³/mol. The summed E-state index contributed by atoms with van der Waals surface area (Å²) >= 11 is 0. The molecule has 3 heteroatoms. The van der Waals surface area contributed by atoms with E-state index in [0.29, 0.717) is 6.61 Å². The highest BCUT2D eigenvalue weighted by Gasteiger charge is 2.21. The molecule has 1 aliphatic carbocycles. The molecule has 1 heterocycles. The van der Waals surface area contributed by atoms with Gasteiger partial charge in [0.05, 0.1) is 12.2 Å². The zero-order valence-electron chi connectivity index (χ0n) is 8.45. The van der Waals surface area contributed by atoms with Gasteiger partial charge >= 0.3 is 0 Å². The highest BCUT2D eigenvalue weighted by Crippen LogP contribution is 2.26. The number of pyridine rings is 1. The number of aromatic nitrogens is 1. The molecular weight excluding hydrogens is 178 g/mol. The second kappa shape index (κ2) is 3.86. The summed E-state index contributed by atoms with van der Waals surface area (Å²) in [6.07, 6.45) is 5.70. The highest BCUT2D eigenvalue weighted by atomic mass is 16.5. The molecule has 0 saturated carbocycles. The maximum atomic E-state index is 11.5. The van der Waals surface area contributed by atoms with Gasteiger partial charge < -0.3 is 9.94 Å². The van der Waals surface area contributed by atoms with E-state index in [2.05, 4.69) is 0 Å². The maximum Gasteiger partial charge on any atom is 0.199 e. The minimum absolute atomic E-state index is 0.662. The molecule has 0 aliphatic heterocycles. The molecule has 1 aromatic rings. The van der Waals surface area contributed by atoms with Gasteiger partial charge in [-0.05, 0) is 26.2 Å². The van der Waals surface area contributed by atoms with Gasteiger partial charge in [0.25, 0.3) is 0 Å². The van der Waals surface area contributed by atoms with E-state index in [1.807, 2.05) is 6.92 Å². The fourth-order valence-electron chi connectivity index (χ4n) is 2.01. The van der Waals surface area contributed by atoms with E-state index in [1.165, 1.54) is 0 Å². The molecule has 0 spiro atoms. The van der Waals surface area contributed by atoms with Crippen LogP contribution in [0.1, 0.15) is 31.0 Å². The fraction of sp³-hybridized carbons (Fsp3) is 0.545. The molecule has 0 aromatic carbocycles. The molecule has 0 N–H and O–H groups in total. The number of hydrogen-bond acceptors (Lipinski definition) is 2. The van der Waals surface area contributed by atoms with Crippen molar-refractivity contribution in [1.82, 2.24) is 0 Å². The Morgan fingerprint density at radius 2 is 2.21 bits per heavy atom. The second-order valence-electron chi connectivity index (χ2n) is 3.57. The van der Waals surface area contributed by atoms with Crippen LogP contribution in [0.4, 0.5) is 0 Å². The predicted octanol–water partition coefficient (Wildman–Crippen LogP) is 1.60. The molecule has 0 unspecified atom stereocenters. The Morgan fingerprint density at radius 3 is 3.00 bits per heavy atom. The fourth-order valence-corrected chi connectivity index (χ4v) is 2.01. The molecule has 3 nitrogen and oxygen atoms in total. The Labute approximate surface area is 83.9 Å². The first kappa shape index (κ1) is 9.31. The summed E-state index contributed by atoms with van der Waals surface area (Å²) in [4.78, 5) is 0. The summed E-state index contributed by atoms with van der Waals surface area (Å²) in [6, 6.07) is 1.78. The molecule has 0 saturated heterocycles. The summed E-state index contributed by atoms with van der Waals surface area (Å²) in [6.45, 7) is 2.63. The average Bonchev–Trinajstić information content (AvgIpc) is 2.23. The Bertz CT molecular complexity index is 336. The average molecular weight is 193 g/mol. The number of fused-ring (bicyclic) bond motifs is 1. The minimum atomic E-state index is 0.662. The van der Waals surface area contributed by atoms with Gasteiger partial charge in [-0.1, -0.05) is 0 Å². The van der Waals surface area contributed by atoms with Crippen molar-refractivity contribution in [2.75, 3.05) is 6.61 Å². The molecule has 76 valence electrons. The van der Waals surface area contributed by atoms with Crippen LogP contribution in [-0.4, -0.2) is 6.61 Å². The lowest BCUT2D eigenvalue weighted by Gasteiger charge is -2.17. The minimum Gasteiger partial charge on any atom is -0.618 e. The van der Waals surface area contributed by atoms with E-state index in [4.69, 9.17) is 4.74 Å². The van der Waals surface area contributed by atoms with Gasteiger partial charge in [-0.25, -0.2) is 0 Å². The lowest BCUT2D eigenvalue weighted by atomic mass is 9.95. The smallest absolute Gasteiger partial charge is 0.199 e. The number of ether oxygens (including phenoxy) is 1. The van der Waals surface area contributed by atoms with E-state index >= 15 is 0 Å². The van der Waals surface area contributed by atoms with Gasteiger partial charge in [0.2, 0.25) is 0 Å². The van der Waals surface area contributed by atoms with Crippen LogP contribution >= 0.6 is 0 Å². The third-order valence-electron chi connectivity index (χ3n) is 2.66. The summed E-state index contributed by atoms with van der Waals surface area (Å²) in [5.74, 6) is 0.898. The van der Waals surface area contributed by atoms with Crippen LogP contribution in [0.15, 0.2) is 12.3 Å². The number of nitrogens with zero attached hydrogens (tertiary/aromatic N) is 1. The summed E-state index contributed by atoms with van der Waals surface area (Å²) in [5, 5.41) is 11.5. The van der Waals surface area contributed by atoms with Crippen molar-refractivity contribution in [3.63, 3.8) is 0 Å². The monoisotopic (exact) mass is 193 g/mol. The molecule has 0 atom stereocenters. The van der Waals surface area contributed by atoms with Crippen molar-refractivity contribution in [3.8, 4) is 5.75 Å². The van der Waals surface area contributed by atoms with Crippen molar-refractivity contribution >= 4 is 0 Å². The van der Waals surface area contributed by atoms with E-state index < -0.39 is 0 Å². The molecule has 2 rings (SSSR count). The molecule has 1 aliphatic rings. The van der Waals surface area contributed by atoms with Crippen LogP contribution in [0.5, 0.6) is 5.75 Å². The van der Waals surface area contributed by atoms with Crippen LogP contribution in [0.25, 0.3) is 0 Å². The zero-order chi connectivity index (χ0) is 9.97. The van der Waals surface area contributed by atoms with Crippen molar-refractivity contribution in [1.29, 1.82) is 0 Å². The molecule has 14 heavy (non-hydrogen) atoms. The van der Waals surface area contributed by atoms with Gasteiger partial charge in [0.15, 0.2) is 11.9 Å². The van der Waals surface area contributed by atoms with E-state index in [-0.39, 0.29) is 0 Å². The van der Waals surface area contributed by atoms with Gasteiger partial charge in [0.1, 0.15) is 5.75 Å². The molecule has 0 fully saturated rings. The van der Waals surface area contributed by atoms with Gasteiger partial charge in [-0.3, -0.25) is 0 Å². The van der Waals surface area contributed by atoms with Gasteiger partial charge in [-0.15, -0.1) is 0 Å². The lowest BCUT2D eigenvalue weighted by Crippen LogP contribution is -2.34. The second-order valence-corrected chi connectivity index (χ2v) is 3.57. The standard InChI is InChI=1S/C11H15NO2/c1-2-14-11-7-8-12(13)10-6-4-3-5-9(10)11/h7-8H,2-6H2,1H3. The molecule has 0 bridgehead atoms.